The first-order valence-corrected chi connectivity index (χ1v) is 7.86. The van der Waals surface area contributed by atoms with Crippen LogP contribution in [0.15, 0.2) is 72.9 Å². The fourth-order valence-corrected chi connectivity index (χ4v) is 2.58. The summed E-state index contributed by atoms with van der Waals surface area (Å²) in [5.74, 6) is 1.68. The fourth-order valence-electron chi connectivity index (χ4n) is 2.37. The summed E-state index contributed by atoms with van der Waals surface area (Å²) in [5, 5.41) is 3.04. The molecule has 6 heteroatoms. The van der Waals surface area contributed by atoms with Gasteiger partial charge in [-0.05, 0) is 6.07 Å². The second-order valence-corrected chi connectivity index (χ2v) is 5.57. The van der Waals surface area contributed by atoms with Gasteiger partial charge in [-0.1, -0.05) is 72.9 Å². The van der Waals surface area contributed by atoms with E-state index < -0.39 is 0 Å². The lowest BCUT2D eigenvalue weighted by Gasteiger charge is -2.08. The number of H-pyrrole nitrogens is 1. The van der Waals surface area contributed by atoms with E-state index in [1.807, 2.05) is 60.7 Å². The molecule has 0 fully saturated rings. The van der Waals surface area contributed by atoms with E-state index in [9.17, 15) is 0 Å². The Balaban J connectivity index is 1.95. The van der Waals surface area contributed by atoms with Crippen LogP contribution in [0.4, 0.5) is 0 Å². The number of nitrogens with one attached hydrogen (secondary N) is 1. The maximum absolute atomic E-state index is 5.32. The maximum atomic E-state index is 5.32. The third-order valence-electron chi connectivity index (χ3n) is 3.54. The highest BCUT2D eigenvalue weighted by molar-refractivity contribution is 7.71. The molecule has 4 rings (SSSR count). The molecule has 0 amide bonds. The van der Waals surface area contributed by atoms with Crippen LogP contribution < -0.4 is 0 Å². The van der Waals surface area contributed by atoms with Crippen molar-refractivity contribution in [2.24, 2.45) is 0 Å². The number of aromatic amines is 1. The summed E-state index contributed by atoms with van der Waals surface area (Å²) < 4.78 is 2.27. The molecule has 0 radical (unpaired) electrons. The van der Waals surface area contributed by atoms with E-state index >= 15 is 0 Å². The van der Waals surface area contributed by atoms with E-state index in [1.165, 1.54) is 0 Å². The van der Waals surface area contributed by atoms with Crippen molar-refractivity contribution in [3.05, 3.63) is 77.6 Å². The fraction of sp³-hybridized carbons (Fsp3) is 0. The molecular weight excluding hydrogens is 318 g/mol. The van der Waals surface area contributed by atoms with Crippen molar-refractivity contribution in [1.82, 2.24) is 24.7 Å². The molecule has 0 saturated carbocycles. The van der Waals surface area contributed by atoms with Crippen molar-refractivity contribution in [3.63, 3.8) is 0 Å². The molecule has 0 aliphatic rings. The van der Waals surface area contributed by atoms with Crippen LogP contribution in [0.25, 0.3) is 28.7 Å². The van der Waals surface area contributed by atoms with Crippen LogP contribution >= 0.6 is 12.2 Å². The molecule has 4 aromatic rings. The van der Waals surface area contributed by atoms with E-state index in [0.29, 0.717) is 22.2 Å². The summed E-state index contributed by atoms with van der Waals surface area (Å²) in [4.78, 5) is 13.8. The summed E-state index contributed by atoms with van der Waals surface area (Å²) in [7, 11) is 0. The molecule has 0 spiro atoms. The van der Waals surface area contributed by atoms with Crippen molar-refractivity contribution in [3.8, 4) is 28.7 Å². The molecule has 5 nitrogen and oxygen atoms in total. The summed E-state index contributed by atoms with van der Waals surface area (Å²) in [6.07, 6.45) is 1.76. The maximum Gasteiger partial charge on any atom is 0.254 e. The lowest BCUT2D eigenvalue weighted by molar-refractivity contribution is 0.791. The molecule has 24 heavy (non-hydrogen) atoms. The molecule has 2 heterocycles. The number of benzene rings is 2. The quantitative estimate of drug-likeness (QED) is 0.575. The summed E-state index contributed by atoms with van der Waals surface area (Å²) in [6.45, 7) is 0. The van der Waals surface area contributed by atoms with Crippen LogP contribution in [-0.4, -0.2) is 24.7 Å². The molecule has 0 unspecified atom stereocenters. The molecule has 1 N–H and O–H groups in total. The Labute approximate surface area is 143 Å². The Morgan fingerprint density at radius 3 is 1.71 bits per heavy atom. The zero-order valence-corrected chi connectivity index (χ0v) is 13.4. The Morgan fingerprint density at radius 2 is 1.25 bits per heavy atom. The van der Waals surface area contributed by atoms with Crippen molar-refractivity contribution >= 4 is 12.2 Å². The van der Waals surface area contributed by atoms with Crippen LogP contribution in [0.1, 0.15) is 0 Å². The van der Waals surface area contributed by atoms with Crippen molar-refractivity contribution < 1.29 is 0 Å². The van der Waals surface area contributed by atoms with Gasteiger partial charge >= 0.3 is 0 Å². The predicted octanol–water partition coefficient (Wildman–Crippen LogP) is 4.05. The van der Waals surface area contributed by atoms with Crippen LogP contribution in [-0.2, 0) is 0 Å². The average molecular weight is 331 g/mol. The third-order valence-corrected chi connectivity index (χ3v) is 3.86. The Hall–Kier alpha value is -3.12. The van der Waals surface area contributed by atoms with Crippen LogP contribution in [0, 0.1) is 4.64 Å². The van der Waals surface area contributed by atoms with Crippen LogP contribution in [0.3, 0.4) is 0 Å². The van der Waals surface area contributed by atoms with Gasteiger partial charge in [-0.25, -0.2) is 9.67 Å². The first-order valence-electron chi connectivity index (χ1n) is 7.45. The molecule has 0 atom stereocenters. The third kappa shape index (κ3) is 2.75. The van der Waals surface area contributed by atoms with Gasteiger partial charge < -0.3 is 0 Å². The van der Waals surface area contributed by atoms with Gasteiger partial charge in [0.25, 0.3) is 5.95 Å². The second kappa shape index (κ2) is 6.17. The van der Waals surface area contributed by atoms with Gasteiger partial charge in [0.2, 0.25) is 0 Å². The van der Waals surface area contributed by atoms with E-state index in [2.05, 4.69) is 20.1 Å². The Kier molecular flexibility index (Phi) is 3.72. The molecule has 0 aliphatic heterocycles. The molecule has 0 saturated heterocycles. The summed E-state index contributed by atoms with van der Waals surface area (Å²) >= 11 is 5.32. The minimum atomic E-state index is 0.470. The number of hydrogen-bond acceptors (Lipinski definition) is 4. The molecule has 2 aromatic heterocycles. The van der Waals surface area contributed by atoms with Crippen molar-refractivity contribution in [2.75, 3.05) is 0 Å². The molecule has 0 bridgehead atoms. The highest BCUT2D eigenvalue weighted by atomic mass is 32.1. The first kappa shape index (κ1) is 14.5. The van der Waals surface area contributed by atoms with Crippen molar-refractivity contribution in [1.29, 1.82) is 0 Å². The smallest absolute Gasteiger partial charge is 0.254 e. The normalized spacial score (nSPS) is 10.7. The topological polar surface area (TPSA) is 59.4 Å². The molecular formula is C18H13N5S. The molecule has 116 valence electrons. The highest BCUT2D eigenvalue weighted by Gasteiger charge is 2.12. The summed E-state index contributed by atoms with van der Waals surface area (Å²) in [6, 6.07) is 21.5. The van der Waals surface area contributed by atoms with Crippen LogP contribution in [0.2, 0.25) is 0 Å². The largest absolute Gasteiger partial charge is 0.298 e. The average Bonchev–Trinajstić information content (AvgIpc) is 3.09. The van der Waals surface area contributed by atoms with Gasteiger partial charge in [0, 0.05) is 17.3 Å². The van der Waals surface area contributed by atoms with Crippen molar-refractivity contribution in [2.45, 2.75) is 0 Å². The highest BCUT2D eigenvalue weighted by Crippen LogP contribution is 2.21. The SMILES string of the molecule is S=c1cc[nH]n1-c1nc(-c2ccccc2)nc(-c2ccccc2)n1. The van der Waals surface area contributed by atoms with E-state index in [1.54, 1.807) is 16.9 Å². The lowest BCUT2D eigenvalue weighted by Crippen LogP contribution is -2.07. The number of hydrogen-bond donors (Lipinski definition) is 1. The van der Waals surface area contributed by atoms with Gasteiger partial charge in [-0.2, -0.15) is 9.97 Å². The van der Waals surface area contributed by atoms with Gasteiger partial charge in [-0.15, -0.1) is 0 Å². The molecule has 2 aromatic carbocycles. The van der Waals surface area contributed by atoms with E-state index in [4.69, 9.17) is 12.2 Å². The number of nitrogens with zero attached hydrogens (tertiary/aromatic N) is 4. The lowest BCUT2D eigenvalue weighted by atomic mass is 10.2. The van der Waals surface area contributed by atoms with E-state index in [0.717, 1.165) is 11.1 Å². The Morgan fingerprint density at radius 1 is 0.708 bits per heavy atom. The first-order chi connectivity index (χ1) is 11.8. The number of aromatic nitrogens is 5. The zero-order valence-electron chi connectivity index (χ0n) is 12.6. The van der Waals surface area contributed by atoms with Crippen LogP contribution in [0.5, 0.6) is 0 Å². The predicted molar refractivity (Wildman–Crippen MR) is 95.2 cm³/mol. The Bertz CT molecular complexity index is 964. The van der Waals surface area contributed by atoms with E-state index in [-0.39, 0.29) is 0 Å². The minimum Gasteiger partial charge on any atom is -0.298 e. The monoisotopic (exact) mass is 331 g/mol. The van der Waals surface area contributed by atoms with Gasteiger partial charge in [0.05, 0.1) is 0 Å². The zero-order chi connectivity index (χ0) is 16.4. The minimum absolute atomic E-state index is 0.470. The van der Waals surface area contributed by atoms with Gasteiger partial charge in [0.1, 0.15) is 4.64 Å². The van der Waals surface area contributed by atoms with Gasteiger partial charge in [0.15, 0.2) is 11.6 Å². The second-order valence-electron chi connectivity index (χ2n) is 5.15. The summed E-state index contributed by atoms with van der Waals surface area (Å²) in [5.41, 5.74) is 1.85. The number of rotatable bonds is 3. The van der Waals surface area contributed by atoms with Gasteiger partial charge in [-0.3, -0.25) is 5.10 Å². The molecule has 0 aliphatic carbocycles. The standard InChI is InChI=1S/C18H13N5S/c24-15-11-12-19-23(15)18-21-16(13-7-3-1-4-8-13)20-17(22-18)14-9-5-2-6-10-14/h1-12,19H.